The summed E-state index contributed by atoms with van der Waals surface area (Å²) >= 11 is 1.62. The molecule has 3 rings (SSSR count). The second kappa shape index (κ2) is 10.1. The largest absolute Gasteiger partial charge is 0.379 e. The Balaban J connectivity index is 1.37. The minimum atomic E-state index is -0.106. The molecule has 1 unspecified atom stereocenters. The van der Waals surface area contributed by atoms with Crippen molar-refractivity contribution in [3.8, 4) is 0 Å². The highest BCUT2D eigenvalue weighted by molar-refractivity contribution is 7.99. The van der Waals surface area contributed by atoms with Crippen LogP contribution in [0, 0.1) is 5.92 Å². The van der Waals surface area contributed by atoms with E-state index in [1.165, 1.54) is 0 Å². The molecule has 9 heteroatoms. The molecule has 0 bridgehead atoms. The molecule has 0 radical (unpaired) electrons. The number of nitrogens with zero attached hydrogens (tertiary/aromatic N) is 4. The van der Waals surface area contributed by atoms with Crippen LogP contribution in [0.15, 0.2) is 17.6 Å². The number of likely N-dealkylation sites (tertiary alicyclic amines) is 1. The van der Waals surface area contributed by atoms with Gasteiger partial charge in [0.2, 0.25) is 11.8 Å². The minimum Gasteiger partial charge on any atom is -0.379 e. The molecule has 2 aliphatic rings. The fourth-order valence-electron chi connectivity index (χ4n) is 3.38. The Morgan fingerprint density at radius 1 is 1.37 bits per heavy atom. The van der Waals surface area contributed by atoms with Gasteiger partial charge in [-0.15, -0.1) is 0 Å². The summed E-state index contributed by atoms with van der Waals surface area (Å²) in [6.07, 6.45) is 4.78. The maximum atomic E-state index is 12.5. The predicted molar refractivity (Wildman–Crippen MR) is 104 cm³/mol. The number of piperidine rings is 1. The Morgan fingerprint density at radius 3 is 2.93 bits per heavy atom. The Bertz CT molecular complexity index is 632. The van der Waals surface area contributed by atoms with Crippen molar-refractivity contribution in [3.05, 3.63) is 12.4 Å². The van der Waals surface area contributed by atoms with Gasteiger partial charge >= 0.3 is 0 Å². The molecule has 0 aromatic carbocycles. The van der Waals surface area contributed by atoms with Crippen molar-refractivity contribution >= 4 is 23.6 Å². The fourth-order valence-corrected chi connectivity index (χ4v) is 4.17. The number of aryl methyl sites for hydroxylation is 1. The Kier molecular flexibility index (Phi) is 7.54. The van der Waals surface area contributed by atoms with E-state index in [4.69, 9.17) is 4.74 Å². The maximum absolute atomic E-state index is 12.5. The van der Waals surface area contributed by atoms with E-state index >= 15 is 0 Å². The summed E-state index contributed by atoms with van der Waals surface area (Å²) in [5, 5.41) is 3.96. The van der Waals surface area contributed by atoms with Gasteiger partial charge < -0.3 is 19.5 Å². The first kappa shape index (κ1) is 20.2. The van der Waals surface area contributed by atoms with E-state index in [2.05, 4.69) is 15.2 Å². The van der Waals surface area contributed by atoms with Gasteiger partial charge in [0.25, 0.3) is 0 Å². The summed E-state index contributed by atoms with van der Waals surface area (Å²) in [5.74, 6) is 0.894. The zero-order valence-corrected chi connectivity index (χ0v) is 16.7. The Morgan fingerprint density at radius 2 is 2.19 bits per heavy atom. The van der Waals surface area contributed by atoms with Gasteiger partial charge in [0.05, 0.1) is 19.1 Å². The monoisotopic (exact) mass is 395 g/mol. The Hall–Kier alpha value is -1.58. The molecule has 1 aromatic heterocycles. The van der Waals surface area contributed by atoms with Crippen molar-refractivity contribution in [3.63, 3.8) is 0 Å². The summed E-state index contributed by atoms with van der Waals surface area (Å²) in [6, 6.07) is 0. The molecule has 1 aromatic rings. The van der Waals surface area contributed by atoms with Crippen molar-refractivity contribution in [1.82, 2.24) is 24.7 Å². The molecule has 150 valence electrons. The lowest BCUT2D eigenvalue weighted by atomic mass is 9.96. The Labute approximate surface area is 164 Å². The number of morpholine rings is 1. The first-order valence-corrected chi connectivity index (χ1v) is 10.6. The second-order valence-corrected chi connectivity index (χ2v) is 8.05. The molecule has 8 nitrogen and oxygen atoms in total. The van der Waals surface area contributed by atoms with Crippen LogP contribution in [0.25, 0.3) is 0 Å². The summed E-state index contributed by atoms with van der Waals surface area (Å²) in [4.78, 5) is 33.1. The van der Waals surface area contributed by atoms with Gasteiger partial charge in [0.15, 0.2) is 5.16 Å². The molecule has 2 amide bonds. The first-order chi connectivity index (χ1) is 13.1. The van der Waals surface area contributed by atoms with Crippen LogP contribution >= 0.6 is 11.8 Å². The van der Waals surface area contributed by atoms with Gasteiger partial charge in [0.1, 0.15) is 0 Å². The topological polar surface area (TPSA) is 79.7 Å². The molecule has 2 aliphatic heterocycles. The van der Waals surface area contributed by atoms with Crippen molar-refractivity contribution in [1.29, 1.82) is 0 Å². The molecular formula is C18H29N5O3S. The molecular weight excluding hydrogens is 366 g/mol. The smallest absolute Gasteiger partial charge is 0.224 e. The normalized spacial score (nSPS) is 21.4. The second-order valence-electron chi connectivity index (χ2n) is 6.99. The SMILES string of the molecule is Cn1ccnc1SCCNC(=O)C1CCC(=O)N(CCN2CCOCC2)C1. The van der Waals surface area contributed by atoms with E-state index in [1.54, 1.807) is 18.0 Å². The van der Waals surface area contributed by atoms with Crippen LogP contribution in [0.2, 0.25) is 0 Å². The molecule has 2 fully saturated rings. The zero-order valence-electron chi connectivity index (χ0n) is 15.9. The van der Waals surface area contributed by atoms with E-state index in [0.717, 1.165) is 43.8 Å². The molecule has 3 heterocycles. The lowest BCUT2D eigenvalue weighted by Gasteiger charge is -2.34. The number of hydrogen-bond donors (Lipinski definition) is 1. The number of carbonyl (C=O) groups excluding carboxylic acids is 2. The first-order valence-electron chi connectivity index (χ1n) is 9.59. The third-order valence-electron chi connectivity index (χ3n) is 5.07. The molecule has 0 aliphatic carbocycles. The van der Waals surface area contributed by atoms with Gasteiger partial charge in [-0.25, -0.2) is 4.98 Å². The third-order valence-corrected chi connectivity index (χ3v) is 6.13. The summed E-state index contributed by atoms with van der Waals surface area (Å²) in [5.41, 5.74) is 0. The quantitative estimate of drug-likeness (QED) is 0.500. The maximum Gasteiger partial charge on any atom is 0.224 e. The number of carbonyl (C=O) groups is 2. The van der Waals surface area contributed by atoms with E-state index in [0.29, 0.717) is 32.5 Å². The van der Waals surface area contributed by atoms with Crippen LogP contribution in [-0.4, -0.2) is 89.4 Å². The number of imidazole rings is 1. The average molecular weight is 396 g/mol. The number of hydrogen-bond acceptors (Lipinski definition) is 6. The van der Waals surface area contributed by atoms with Crippen molar-refractivity contribution in [2.24, 2.45) is 13.0 Å². The lowest BCUT2D eigenvalue weighted by Crippen LogP contribution is -2.49. The average Bonchev–Trinajstić information content (AvgIpc) is 3.10. The van der Waals surface area contributed by atoms with Gasteiger partial charge in [0, 0.05) is 70.9 Å². The number of thioether (sulfide) groups is 1. The van der Waals surface area contributed by atoms with Crippen LogP contribution < -0.4 is 5.32 Å². The van der Waals surface area contributed by atoms with Gasteiger partial charge in [-0.05, 0) is 6.42 Å². The standard InChI is InChI=1S/C18H29N5O3S/c1-21-6-4-20-18(21)27-13-5-19-17(25)15-2-3-16(24)23(14-15)8-7-22-9-11-26-12-10-22/h4,6,15H,2-3,5,7-14H2,1H3,(H,19,25). The number of rotatable bonds is 8. The molecule has 1 N–H and O–H groups in total. The van der Waals surface area contributed by atoms with Crippen LogP contribution in [-0.2, 0) is 21.4 Å². The summed E-state index contributed by atoms with van der Waals surface area (Å²) < 4.78 is 7.32. The van der Waals surface area contributed by atoms with Crippen molar-refractivity contribution in [2.75, 3.05) is 58.2 Å². The number of aromatic nitrogens is 2. The summed E-state index contributed by atoms with van der Waals surface area (Å²) in [7, 11) is 1.96. The van der Waals surface area contributed by atoms with Gasteiger partial charge in [-0.1, -0.05) is 11.8 Å². The van der Waals surface area contributed by atoms with Crippen LogP contribution in [0.5, 0.6) is 0 Å². The van der Waals surface area contributed by atoms with E-state index in [9.17, 15) is 9.59 Å². The van der Waals surface area contributed by atoms with Crippen molar-refractivity contribution < 1.29 is 14.3 Å². The fraction of sp³-hybridized carbons (Fsp3) is 0.722. The highest BCUT2D eigenvalue weighted by Crippen LogP contribution is 2.18. The van der Waals surface area contributed by atoms with Crippen molar-refractivity contribution in [2.45, 2.75) is 18.0 Å². The molecule has 2 saturated heterocycles. The van der Waals surface area contributed by atoms with E-state index in [1.807, 2.05) is 22.7 Å². The van der Waals surface area contributed by atoms with Gasteiger partial charge in [-0.2, -0.15) is 0 Å². The van der Waals surface area contributed by atoms with Crippen LogP contribution in [0.1, 0.15) is 12.8 Å². The van der Waals surface area contributed by atoms with Crippen LogP contribution in [0.4, 0.5) is 0 Å². The number of amides is 2. The zero-order chi connectivity index (χ0) is 19.1. The van der Waals surface area contributed by atoms with E-state index < -0.39 is 0 Å². The summed E-state index contributed by atoms with van der Waals surface area (Å²) in [6.45, 7) is 6.03. The van der Waals surface area contributed by atoms with Gasteiger partial charge in [-0.3, -0.25) is 14.5 Å². The minimum absolute atomic E-state index is 0.0549. The van der Waals surface area contributed by atoms with Crippen LogP contribution in [0.3, 0.4) is 0 Å². The third kappa shape index (κ3) is 5.95. The molecule has 1 atom stereocenters. The lowest BCUT2D eigenvalue weighted by molar-refractivity contribution is -0.138. The van der Waals surface area contributed by atoms with E-state index in [-0.39, 0.29) is 17.7 Å². The molecule has 27 heavy (non-hydrogen) atoms. The predicted octanol–water partition coefficient (Wildman–Crippen LogP) is 0.199. The number of nitrogens with one attached hydrogen (secondary N) is 1. The highest BCUT2D eigenvalue weighted by atomic mass is 32.2. The number of ether oxygens (including phenoxy) is 1. The molecule has 0 spiro atoms. The highest BCUT2D eigenvalue weighted by Gasteiger charge is 2.30. The molecule has 0 saturated carbocycles.